The van der Waals surface area contributed by atoms with Gasteiger partial charge in [-0.05, 0) is 35.0 Å². The van der Waals surface area contributed by atoms with Crippen LogP contribution in [0.3, 0.4) is 0 Å². The van der Waals surface area contributed by atoms with Crippen molar-refractivity contribution in [1.29, 1.82) is 0 Å². The highest BCUT2D eigenvalue weighted by Gasteiger charge is 2.21. The number of rotatable bonds is 6. The van der Waals surface area contributed by atoms with E-state index in [1.165, 1.54) is 6.26 Å². The van der Waals surface area contributed by atoms with Crippen LogP contribution in [-0.2, 0) is 9.84 Å². The molecule has 1 aromatic heterocycles. The Morgan fingerprint density at radius 3 is 2.69 bits per heavy atom. The second-order valence-corrected chi connectivity index (χ2v) is 6.77. The third-order valence-electron chi connectivity index (χ3n) is 2.07. The van der Waals surface area contributed by atoms with Gasteiger partial charge in [0.25, 0.3) is 0 Å². The Bertz CT molecular complexity index is 427. The summed E-state index contributed by atoms with van der Waals surface area (Å²) in [6.45, 7) is 2.79. The van der Waals surface area contributed by atoms with Crippen LogP contribution in [0.5, 0.6) is 0 Å². The maximum absolute atomic E-state index is 11.3. The Morgan fingerprint density at radius 1 is 1.56 bits per heavy atom. The van der Waals surface area contributed by atoms with Crippen molar-refractivity contribution in [2.75, 3.05) is 18.6 Å². The minimum atomic E-state index is -3.04. The fourth-order valence-corrected chi connectivity index (χ4v) is 2.76. The highest BCUT2D eigenvalue weighted by molar-refractivity contribution is 9.10. The van der Waals surface area contributed by atoms with Gasteiger partial charge in [-0.2, -0.15) is 0 Å². The van der Waals surface area contributed by atoms with Gasteiger partial charge in [0.1, 0.15) is 15.6 Å². The zero-order valence-electron chi connectivity index (χ0n) is 9.36. The van der Waals surface area contributed by atoms with Crippen molar-refractivity contribution in [3.8, 4) is 0 Å². The van der Waals surface area contributed by atoms with E-state index in [0.29, 0.717) is 5.76 Å². The van der Waals surface area contributed by atoms with Gasteiger partial charge in [-0.25, -0.2) is 8.42 Å². The van der Waals surface area contributed by atoms with Crippen LogP contribution in [0.4, 0.5) is 0 Å². The Hall–Kier alpha value is -0.330. The number of halogens is 1. The molecule has 0 amide bonds. The lowest BCUT2D eigenvalue weighted by Gasteiger charge is -2.15. The molecule has 0 aliphatic heterocycles. The van der Waals surface area contributed by atoms with Gasteiger partial charge in [0, 0.05) is 6.26 Å². The van der Waals surface area contributed by atoms with Crippen molar-refractivity contribution in [1.82, 2.24) is 5.32 Å². The van der Waals surface area contributed by atoms with Gasteiger partial charge < -0.3 is 9.73 Å². The van der Waals surface area contributed by atoms with Gasteiger partial charge in [0.15, 0.2) is 0 Å². The summed E-state index contributed by atoms with van der Waals surface area (Å²) in [6, 6.07) is 1.47. The zero-order chi connectivity index (χ0) is 12.2. The fourth-order valence-electron chi connectivity index (χ4n) is 1.40. The maximum atomic E-state index is 11.3. The van der Waals surface area contributed by atoms with Gasteiger partial charge in [0.2, 0.25) is 0 Å². The molecule has 0 radical (unpaired) electrons. The molecule has 1 atom stereocenters. The second kappa shape index (κ2) is 5.84. The molecule has 4 nitrogen and oxygen atoms in total. The van der Waals surface area contributed by atoms with Gasteiger partial charge >= 0.3 is 0 Å². The molecule has 1 unspecified atom stereocenters. The van der Waals surface area contributed by atoms with E-state index >= 15 is 0 Å². The molecule has 1 heterocycles. The standard InChI is InChI=1S/C10H16BrNO3S/c1-3-5-12-9(7-16(2,13)14)10-8(11)4-6-15-10/h4,6,9,12H,3,5,7H2,1-2H3. The predicted octanol–water partition coefficient (Wildman–Crippen LogP) is 2.13. The van der Waals surface area contributed by atoms with Crippen LogP contribution in [0.25, 0.3) is 0 Å². The third kappa shape index (κ3) is 4.27. The molecule has 16 heavy (non-hydrogen) atoms. The first-order valence-electron chi connectivity index (χ1n) is 5.08. The summed E-state index contributed by atoms with van der Waals surface area (Å²) < 4.78 is 28.7. The van der Waals surface area contributed by atoms with Crippen molar-refractivity contribution in [2.45, 2.75) is 19.4 Å². The molecular formula is C10H16BrNO3S. The summed E-state index contributed by atoms with van der Waals surface area (Å²) in [5.41, 5.74) is 0. The lowest BCUT2D eigenvalue weighted by atomic mass is 10.2. The Kier molecular flexibility index (Phi) is 5.01. The minimum absolute atomic E-state index is 0.0408. The molecule has 0 fully saturated rings. The topological polar surface area (TPSA) is 59.3 Å². The first kappa shape index (κ1) is 13.7. The summed E-state index contributed by atoms with van der Waals surface area (Å²) in [4.78, 5) is 0. The molecule has 0 spiro atoms. The van der Waals surface area contributed by atoms with Crippen molar-refractivity contribution in [2.24, 2.45) is 0 Å². The largest absolute Gasteiger partial charge is 0.466 e. The summed E-state index contributed by atoms with van der Waals surface area (Å²) in [6.07, 6.45) is 3.71. The van der Waals surface area contributed by atoms with Crippen molar-refractivity contribution in [3.05, 3.63) is 22.6 Å². The number of sulfone groups is 1. The molecule has 0 aliphatic carbocycles. The van der Waals surface area contributed by atoms with E-state index in [1.807, 2.05) is 6.92 Å². The maximum Gasteiger partial charge on any atom is 0.149 e. The third-order valence-corrected chi connectivity index (χ3v) is 3.67. The summed E-state index contributed by atoms with van der Waals surface area (Å²) in [5.74, 6) is 0.679. The molecule has 1 aromatic rings. The van der Waals surface area contributed by atoms with Gasteiger partial charge in [0.05, 0.1) is 22.5 Å². The van der Waals surface area contributed by atoms with E-state index in [0.717, 1.165) is 17.4 Å². The fraction of sp³-hybridized carbons (Fsp3) is 0.600. The summed E-state index contributed by atoms with van der Waals surface area (Å²) in [5, 5.41) is 3.17. The van der Waals surface area contributed by atoms with E-state index in [9.17, 15) is 8.42 Å². The molecule has 0 bridgehead atoms. The van der Waals surface area contributed by atoms with Crippen molar-refractivity contribution >= 4 is 25.8 Å². The van der Waals surface area contributed by atoms with Crippen LogP contribution in [0.2, 0.25) is 0 Å². The number of hydrogen-bond acceptors (Lipinski definition) is 4. The lowest BCUT2D eigenvalue weighted by Crippen LogP contribution is -2.28. The van der Waals surface area contributed by atoms with Crippen LogP contribution in [0.15, 0.2) is 21.2 Å². The van der Waals surface area contributed by atoms with E-state index in [1.54, 1.807) is 12.3 Å². The molecular weight excluding hydrogens is 294 g/mol. The first-order chi connectivity index (χ1) is 7.44. The van der Waals surface area contributed by atoms with Crippen LogP contribution < -0.4 is 5.32 Å². The molecule has 0 saturated heterocycles. The smallest absolute Gasteiger partial charge is 0.149 e. The van der Waals surface area contributed by atoms with Gasteiger partial charge in [-0.3, -0.25) is 0 Å². The van der Waals surface area contributed by atoms with Crippen LogP contribution in [-0.4, -0.2) is 27.0 Å². The average Bonchev–Trinajstić information content (AvgIpc) is 2.57. The van der Waals surface area contributed by atoms with E-state index in [-0.39, 0.29) is 11.8 Å². The van der Waals surface area contributed by atoms with Crippen LogP contribution in [0.1, 0.15) is 25.1 Å². The SMILES string of the molecule is CCCNC(CS(C)(=O)=O)c1occc1Br. The summed E-state index contributed by atoms with van der Waals surface area (Å²) >= 11 is 3.34. The predicted molar refractivity (Wildman–Crippen MR) is 67.2 cm³/mol. The Morgan fingerprint density at radius 2 is 2.25 bits per heavy atom. The molecule has 1 rings (SSSR count). The van der Waals surface area contributed by atoms with Crippen LogP contribution >= 0.6 is 15.9 Å². The van der Waals surface area contributed by atoms with Gasteiger partial charge in [-0.1, -0.05) is 6.92 Å². The quantitative estimate of drug-likeness (QED) is 0.874. The van der Waals surface area contributed by atoms with E-state index in [4.69, 9.17) is 4.42 Å². The summed E-state index contributed by atoms with van der Waals surface area (Å²) in [7, 11) is -3.04. The average molecular weight is 310 g/mol. The highest BCUT2D eigenvalue weighted by atomic mass is 79.9. The van der Waals surface area contributed by atoms with E-state index < -0.39 is 9.84 Å². The zero-order valence-corrected chi connectivity index (χ0v) is 11.8. The monoisotopic (exact) mass is 309 g/mol. The Balaban J connectivity index is 2.83. The van der Waals surface area contributed by atoms with Crippen molar-refractivity contribution < 1.29 is 12.8 Å². The first-order valence-corrected chi connectivity index (χ1v) is 7.93. The molecule has 0 saturated carbocycles. The normalized spacial score (nSPS) is 13.9. The molecule has 92 valence electrons. The molecule has 0 aromatic carbocycles. The molecule has 1 N–H and O–H groups in total. The molecule has 0 aliphatic rings. The van der Waals surface area contributed by atoms with E-state index in [2.05, 4.69) is 21.2 Å². The van der Waals surface area contributed by atoms with Gasteiger partial charge in [-0.15, -0.1) is 0 Å². The number of furan rings is 1. The van der Waals surface area contributed by atoms with Crippen LogP contribution in [0, 0.1) is 0 Å². The minimum Gasteiger partial charge on any atom is -0.466 e. The number of hydrogen-bond donors (Lipinski definition) is 1. The van der Waals surface area contributed by atoms with Crippen molar-refractivity contribution in [3.63, 3.8) is 0 Å². The number of nitrogens with one attached hydrogen (secondary N) is 1. The highest BCUT2D eigenvalue weighted by Crippen LogP contribution is 2.25. The molecule has 6 heteroatoms. The Labute approximate surface area is 104 Å². The second-order valence-electron chi connectivity index (χ2n) is 3.73. The lowest BCUT2D eigenvalue weighted by molar-refractivity contribution is 0.428.